The first-order chi connectivity index (χ1) is 7.36. The van der Waals surface area contributed by atoms with Crippen LogP contribution in [0.2, 0.25) is 0 Å². The van der Waals surface area contributed by atoms with Gasteiger partial charge in [0, 0.05) is 0 Å². The predicted octanol–water partition coefficient (Wildman–Crippen LogP) is 1.13. The quantitative estimate of drug-likeness (QED) is 0.569. The van der Waals surface area contributed by atoms with Gasteiger partial charge in [-0.1, -0.05) is 0 Å². The Morgan fingerprint density at radius 2 is 1.27 bits per heavy atom. The van der Waals surface area contributed by atoms with Gasteiger partial charge in [0.15, 0.2) is 0 Å². The molecular weight excluding hydrogens is 300 g/mol. The fourth-order valence-corrected chi connectivity index (χ4v) is 5.97. The van der Waals surface area contributed by atoms with Crippen LogP contribution >= 0.6 is 0 Å². The van der Waals surface area contributed by atoms with E-state index in [1.54, 1.807) is 0 Å². The second kappa shape index (κ2) is 3.56. The third-order valence-electron chi connectivity index (χ3n) is 2.73. The molecule has 1 heterocycles. The molecule has 0 aliphatic carbocycles. The SMILES string of the molecule is O=[Te]1c2ccccc2Cc2ccccc21. The van der Waals surface area contributed by atoms with E-state index >= 15 is 0 Å². The van der Waals surface area contributed by atoms with E-state index < -0.39 is 19.5 Å². The summed E-state index contributed by atoms with van der Waals surface area (Å²) >= 11 is -2.46. The van der Waals surface area contributed by atoms with Crippen LogP contribution in [-0.2, 0) is 9.53 Å². The van der Waals surface area contributed by atoms with E-state index in [0.717, 1.165) is 13.6 Å². The van der Waals surface area contributed by atoms with E-state index in [1.807, 2.05) is 36.4 Å². The summed E-state index contributed by atoms with van der Waals surface area (Å²) in [6.07, 6.45) is 0.936. The Kier molecular flexibility index (Phi) is 2.20. The molecule has 0 atom stereocenters. The van der Waals surface area contributed by atoms with E-state index in [4.69, 9.17) is 0 Å². The van der Waals surface area contributed by atoms with Crippen LogP contribution in [0.5, 0.6) is 0 Å². The van der Waals surface area contributed by atoms with Gasteiger partial charge in [-0.15, -0.1) is 0 Å². The van der Waals surface area contributed by atoms with Crippen molar-refractivity contribution >= 4 is 26.8 Å². The van der Waals surface area contributed by atoms with E-state index in [9.17, 15) is 3.10 Å². The van der Waals surface area contributed by atoms with Gasteiger partial charge in [0.25, 0.3) is 0 Å². The first-order valence-corrected chi connectivity index (χ1v) is 8.22. The van der Waals surface area contributed by atoms with Gasteiger partial charge in [0.1, 0.15) is 0 Å². The molecule has 0 saturated carbocycles. The van der Waals surface area contributed by atoms with E-state index in [2.05, 4.69) is 12.1 Å². The molecule has 0 fully saturated rings. The molecule has 0 amide bonds. The van der Waals surface area contributed by atoms with E-state index in [-0.39, 0.29) is 0 Å². The summed E-state index contributed by atoms with van der Waals surface area (Å²) in [5.41, 5.74) is 2.51. The van der Waals surface area contributed by atoms with Crippen molar-refractivity contribution in [3.8, 4) is 0 Å². The van der Waals surface area contributed by atoms with Crippen LogP contribution in [0.15, 0.2) is 48.5 Å². The fourth-order valence-electron chi connectivity index (χ4n) is 1.99. The molecule has 0 aromatic heterocycles. The summed E-state index contributed by atoms with van der Waals surface area (Å²) in [6.45, 7) is 0. The zero-order valence-corrected chi connectivity index (χ0v) is 10.5. The molecule has 0 N–H and O–H groups in total. The summed E-state index contributed by atoms with van der Waals surface area (Å²) < 4.78 is 14.6. The Morgan fingerprint density at radius 3 is 1.80 bits per heavy atom. The van der Waals surface area contributed by atoms with Crippen LogP contribution < -0.4 is 7.22 Å². The van der Waals surface area contributed by atoms with E-state index in [0.29, 0.717) is 0 Å². The molecule has 15 heavy (non-hydrogen) atoms. The Morgan fingerprint density at radius 1 is 0.800 bits per heavy atom. The molecule has 0 spiro atoms. The Hall–Kier alpha value is -0.970. The Bertz CT molecular complexity index is 498. The summed E-state index contributed by atoms with van der Waals surface area (Å²) in [5, 5.41) is 0. The van der Waals surface area contributed by atoms with Gasteiger partial charge >= 0.3 is 95.9 Å². The molecule has 1 nitrogen and oxygen atoms in total. The van der Waals surface area contributed by atoms with Gasteiger partial charge in [-0.2, -0.15) is 0 Å². The number of hydrogen-bond acceptors (Lipinski definition) is 1. The van der Waals surface area contributed by atoms with Crippen molar-refractivity contribution in [1.82, 2.24) is 0 Å². The van der Waals surface area contributed by atoms with Crippen LogP contribution in [-0.4, -0.2) is 19.5 Å². The van der Waals surface area contributed by atoms with Crippen LogP contribution in [0.4, 0.5) is 0 Å². The summed E-state index contributed by atoms with van der Waals surface area (Å²) in [4.78, 5) is 0. The first kappa shape index (κ1) is 9.27. The first-order valence-electron chi connectivity index (χ1n) is 4.94. The van der Waals surface area contributed by atoms with Crippen molar-refractivity contribution < 1.29 is 3.10 Å². The minimum atomic E-state index is -2.46. The fraction of sp³-hybridized carbons (Fsp3) is 0.0769. The van der Waals surface area contributed by atoms with Crippen molar-refractivity contribution in [2.75, 3.05) is 0 Å². The molecule has 0 bridgehead atoms. The third-order valence-corrected chi connectivity index (χ3v) is 7.28. The van der Waals surface area contributed by atoms with Crippen molar-refractivity contribution in [2.45, 2.75) is 6.42 Å². The molecule has 3 rings (SSSR count). The van der Waals surface area contributed by atoms with Crippen LogP contribution in [0.3, 0.4) is 0 Å². The maximum atomic E-state index is 12.4. The van der Waals surface area contributed by atoms with Gasteiger partial charge in [-0.3, -0.25) is 0 Å². The number of benzene rings is 2. The molecule has 1 aliphatic heterocycles. The average Bonchev–Trinajstić information content (AvgIpc) is 2.30. The Balaban J connectivity index is 2.24. The Labute approximate surface area is 95.8 Å². The molecule has 2 aromatic carbocycles. The van der Waals surface area contributed by atoms with Gasteiger partial charge in [0.05, 0.1) is 0 Å². The minimum absolute atomic E-state index is 0.936. The normalized spacial score (nSPS) is 14.4. The molecule has 0 radical (unpaired) electrons. The van der Waals surface area contributed by atoms with E-state index in [1.165, 1.54) is 11.1 Å². The summed E-state index contributed by atoms with van der Waals surface area (Å²) in [7, 11) is 0. The number of rotatable bonds is 0. The molecule has 2 aromatic rings. The third kappa shape index (κ3) is 1.45. The molecular formula is C13H10OTe. The van der Waals surface area contributed by atoms with Crippen molar-refractivity contribution in [1.29, 1.82) is 0 Å². The molecule has 2 heteroatoms. The molecule has 0 unspecified atom stereocenters. The maximum absolute atomic E-state index is 12.4. The average molecular weight is 310 g/mol. The van der Waals surface area contributed by atoms with Gasteiger partial charge in [-0.25, -0.2) is 0 Å². The zero-order valence-electron chi connectivity index (χ0n) is 8.14. The second-order valence-corrected chi connectivity index (χ2v) is 7.71. The zero-order chi connectivity index (χ0) is 10.3. The number of hydrogen-bond donors (Lipinski definition) is 0. The topological polar surface area (TPSA) is 17.1 Å². The molecule has 0 saturated heterocycles. The number of fused-ring (bicyclic) bond motifs is 2. The standard InChI is InChI=1S/C13H10OTe/c14-15-12-7-3-1-5-10(12)9-11-6-2-4-8-13(11)15/h1-8H,9H2. The summed E-state index contributed by atoms with van der Waals surface area (Å²) in [6, 6.07) is 16.3. The van der Waals surface area contributed by atoms with Crippen molar-refractivity contribution in [3.63, 3.8) is 0 Å². The van der Waals surface area contributed by atoms with Gasteiger partial charge in [0.2, 0.25) is 0 Å². The molecule has 74 valence electrons. The van der Waals surface area contributed by atoms with Gasteiger partial charge in [-0.05, 0) is 0 Å². The second-order valence-electron chi connectivity index (χ2n) is 3.66. The van der Waals surface area contributed by atoms with Crippen LogP contribution in [0.1, 0.15) is 11.1 Å². The summed E-state index contributed by atoms with van der Waals surface area (Å²) in [5.74, 6) is 0. The van der Waals surface area contributed by atoms with Crippen molar-refractivity contribution in [3.05, 3.63) is 59.7 Å². The predicted molar refractivity (Wildman–Crippen MR) is 61.4 cm³/mol. The molecule has 1 aliphatic rings. The van der Waals surface area contributed by atoms with Gasteiger partial charge < -0.3 is 0 Å². The van der Waals surface area contributed by atoms with Crippen LogP contribution in [0.25, 0.3) is 0 Å². The van der Waals surface area contributed by atoms with Crippen LogP contribution in [0, 0.1) is 0 Å². The van der Waals surface area contributed by atoms with Crippen molar-refractivity contribution in [2.24, 2.45) is 0 Å². The monoisotopic (exact) mass is 312 g/mol.